The molecule has 49 heavy (non-hydrogen) atoms. The van der Waals surface area contributed by atoms with E-state index in [-0.39, 0.29) is 0 Å². The molecule has 0 unspecified atom stereocenters. The molecule has 0 N–H and O–H groups in total. The highest BCUT2D eigenvalue weighted by Crippen LogP contribution is 2.49. The third kappa shape index (κ3) is 3.59. The lowest BCUT2D eigenvalue weighted by molar-refractivity contribution is 0.673. The molecule has 0 spiro atoms. The van der Waals surface area contributed by atoms with Crippen LogP contribution >= 0.6 is 0 Å². The molecule has 0 fully saturated rings. The molecule has 0 saturated heterocycles. The van der Waals surface area contributed by atoms with E-state index in [1.165, 1.54) is 0 Å². The summed E-state index contributed by atoms with van der Waals surface area (Å²) >= 11 is 0. The lowest BCUT2D eigenvalue weighted by Crippen LogP contribution is -2.04. The van der Waals surface area contributed by atoms with Crippen LogP contribution in [0.15, 0.2) is 162 Å². The largest absolute Gasteiger partial charge is 0.455 e. The number of hydrogen-bond donors (Lipinski definition) is 0. The average Bonchev–Trinajstić information content (AvgIpc) is 3.83. The predicted molar refractivity (Wildman–Crippen MR) is 201 cm³/mol. The number of aromatic nitrogens is 4. The Morgan fingerprint density at radius 3 is 1.78 bits per heavy atom. The Bertz CT molecular complexity index is 3100. The van der Waals surface area contributed by atoms with Crippen molar-refractivity contribution >= 4 is 76.5 Å². The van der Waals surface area contributed by atoms with Crippen LogP contribution in [-0.2, 0) is 0 Å². The van der Waals surface area contributed by atoms with E-state index in [0.717, 1.165) is 93.4 Å². The Kier molecular flexibility index (Phi) is 5.32. The van der Waals surface area contributed by atoms with Gasteiger partial charge in [0.25, 0.3) is 0 Å². The first-order valence-corrected chi connectivity index (χ1v) is 16.5. The van der Waals surface area contributed by atoms with Crippen molar-refractivity contribution in [2.75, 3.05) is 0 Å². The van der Waals surface area contributed by atoms with E-state index >= 15 is 0 Å². The monoisotopic (exact) mass is 626 g/mol. The van der Waals surface area contributed by atoms with Gasteiger partial charge in [0.15, 0.2) is 0 Å². The molecule has 7 aromatic carbocycles. The standard InChI is InChI=1S/C44H26N4O/c1-3-15-27(16-4-1)40-29-19-7-11-23-33(29)45-44(46-40)48-35-25-13-8-20-30(35)37-38-32-22-10-14-26-36(32)49-43(38)39-31-21-9-12-24-34(31)47(42(39)41(37)48)28-17-5-2-6-18-28/h1-26H. The molecular formula is C44H26N4O. The molecule has 4 aromatic heterocycles. The van der Waals surface area contributed by atoms with Crippen molar-refractivity contribution in [2.45, 2.75) is 0 Å². The summed E-state index contributed by atoms with van der Waals surface area (Å²) in [6.07, 6.45) is 0. The molecule has 0 radical (unpaired) electrons. The zero-order valence-corrected chi connectivity index (χ0v) is 26.2. The molecule has 5 heteroatoms. The molecule has 0 aliphatic carbocycles. The van der Waals surface area contributed by atoms with Gasteiger partial charge in [-0.25, -0.2) is 9.97 Å². The predicted octanol–water partition coefficient (Wildman–Crippen LogP) is 11.4. The van der Waals surface area contributed by atoms with E-state index in [1.54, 1.807) is 0 Å². The number of para-hydroxylation sites is 5. The highest BCUT2D eigenvalue weighted by Gasteiger charge is 2.28. The molecule has 0 atom stereocenters. The number of furan rings is 1. The second-order valence-electron chi connectivity index (χ2n) is 12.5. The first kappa shape index (κ1) is 26.4. The Hall–Kier alpha value is -6.72. The Morgan fingerprint density at radius 2 is 1.00 bits per heavy atom. The number of rotatable bonds is 3. The minimum absolute atomic E-state index is 0.627. The summed E-state index contributed by atoms with van der Waals surface area (Å²) in [5.74, 6) is 0.627. The molecule has 0 bridgehead atoms. The highest BCUT2D eigenvalue weighted by atomic mass is 16.3. The third-order valence-electron chi connectivity index (χ3n) is 9.90. The summed E-state index contributed by atoms with van der Waals surface area (Å²) in [6.45, 7) is 0. The summed E-state index contributed by atoms with van der Waals surface area (Å²) in [5.41, 5.74) is 9.94. The molecular weight excluding hydrogens is 601 g/mol. The minimum atomic E-state index is 0.627. The van der Waals surface area contributed by atoms with E-state index in [2.05, 4.69) is 149 Å². The van der Waals surface area contributed by atoms with Crippen LogP contribution in [0, 0.1) is 0 Å². The van der Waals surface area contributed by atoms with Crippen molar-refractivity contribution in [3.63, 3.8) is 0 Å². The highest BCUT2D eigenvalue weighted by molar-refractivity contribution is 6.39. The van der Waals surface area contributed by atoms with Crippen molar-refractivity contribution < 1.29 is 4.42 Å². The quantitative estimate of drug-likeness (QED) is 0.196. The van der Waals surface area contributed by atoms with Gasteiger partial charge in [0.1, 0.15) is 11.2 Å². The van der Waals surface area contributed by atoms with Gasteiger partial charge in [-0.05, 0) is 36.4 Å². The average molecular weight is 627 g/mol. The van der Waals surface area contributed by atoms with Crippen LogP contribution in [0.3, 0.4) is 0 Å². The number of fused-ring (bicyclic) bond motifs is 13. The van der Waals surface area contributed by atoms with E-state index in [4.69, 9.17) is 14.4 Å². The molecule has 5 nitrogen and oxygen atoms in total. The molecule has 11 rings (SSSR count). The van der Waals surface area contributed by atoms with Crippen molar-refractivity contribution in [1.82, 2.24) is 19.1 Å². The maximum Gasteiger partial charge on any atom is 0.235 e. The fourth-order valence-electron chi connectivity index (χ4n) is 7.91. The van der Waals surface area contributed by atoms with Crippen LogP contribution in [0.4, 0.5) is 0 Å². The summed E-state index contributed by atoms with van der Waals surface area (Å²) in [6, 6.07) is 55.0. The lowest BCUT2D eigenvalue weighted by atomic mass is 10.0. The lowest BCUT2D eigenvalue weighted by Gasteiger charge is -2.14. The van der Waals surface area contributed by atoms with Gasteiger partial charge in [-0.15, -0.1) is 0 Å². The van der Waals surface area contributed by atoms with E-state index < -0.39 is 0 Å². The van der Waals surface area contributed by atoms with Gasteiger partial charge in [0.05, 0.1) is 38.7 Å². The zero-order chi connectivity index (χ0) is 32.1. The van der Waals surface area contributed by atoms with Crippen molar-refractivity contribution in [2.24, 2.45) is 0 Å². The van der Waals surface area contributed by atoms with Crippen molar-refractivity contribution in [1.29, 1.82) is 0 Å². The fraction of sp³-hybridized carbons (Fsp3) is 0. The van der Waals surface area contributed by atoms with Gasteiger partial charge >= 0.3 is 0 Å². The molecule has 0 saturated carbocycles. The van der Waals surface area contributed by atoms with E-state index in [9.17, 15) is 0 Å². The van der Waals surface area contributed by atoms with Crippen LogP contribution in [-0.4, -0.2) is 19.1 Å². The second kappa shape index (κ2) is 9.89. The Labute approximate surface area is 279 Å². The van der Waals surface area contributed by atoms with Crippen LogP contribution < -0.4 is 0 Å². The van der Waals surface area contributed by atoms with Crippen LogP contribution in [0.5, 0.6) is 0 Å². The van der Waals surface area contributed by atoms with E-state index in [1.807, 2.05) is 18.2 Å². The van der Waals surface area contributed by atoms with Crippen LogP contribution in [0.1, 0.15) is 0 Å². The molecule has 0 amide bonds. The summed E-state index contributed by atoms with van der Waals surface area (Å²) in [4.78, 5) is 10.7. The van der Waals surface area contributed by atoms with Gasteiger partial charge in [-0.1, -0.05) is 121 Å². The number of benzene rings is 7. The van der Waals surface area contributed by atoms with Gasteiger partial charge in [-0.2, -0.15) is 0 Å². The zero-order valence-electron chi connectivity index (χ0n) is 26.2. The second-order valence-corrected chi connectivity index (χ2v) is 12.5. The minimum Gasteiger partial charge on any atom is -0.455 e. The molecule has 11 aromatic rings. The molecule has 4 heterocycles. The first-order valence-electron chi connectivity index (χ1n) is 16.5. The Balaban J connectivity index is 1.45. The maximum absolute atomic E-state index is 6.88. The van der Waals surface area contributed by atoms with Crippen LogP contribution in [0.2, 0.25) is 0 Å². The van der Waals surface area contributed by atoms with Gasteiger partial charge < -0.3 is 8.98 Å². The number of nitrogens with zero attached hydrogens (tertiary/aromatic N) is 4. The van der Waals surface area contributed by atoms with E-state index in [0.29, 0.717) is 5.95 Å². The number of hydrogen-bond acceptors (Lipinski definition) is 3. The summed E-state index contributed by atoms with van der Waals surface area (Å²) in [5, 5.41) is 7.67. The maximum atomic E-state index is 6.88. The first-order chi connectivity index (χ1) is 24.3. The normalized spacial score (nSPS) is 12.1. The fourth-order valence-corrected chi connectivity index (χ4v) is 7.91. The molecule has 0 aliphatic rings. The van der Waals surface area contributed by atoms with Gasteiger partial charge in [0, 0.05) is 43.6 Å². The summed E-state index contributed by atoms with van der Waals surface area (Å²) < 4.78 is 11.5. The van der Waals surface area contributed by atoms with Crippen LogP contribution in [0.25, 0.3) is 99.3 Å². The Morgan fingerprint density at radius 1 is 0.429 bits per heavy atom. The smallest absolute Gasteiger partial charge is 0.235 e. The van der Waals surface area contributed by atoms with Crippen molar-refractivity contribution in [3.8, 4) is 22.9 Å². The SMILES string of the molecule is c1ccc(-c2nc(-n3c4ccccc4c4c5c6ccccc6oc5c5c6ccccc6n(-c6ccccc6)c5c43)nc3ccccc23)cc1. The van der Waals surface area contributed by atoms with Gasteiger partial charge in [0.2, 0.25) is 5.95 Å². The topological polar surface area (TPSA) is 48.8 Å². The third-order valence-corrected chi connectivity index (χ3v) is 9.90. The molecule has 228 valence electrons. The van der Waals surface area contributed by atoms with Gasteiger partial charge in [-0.3, -0.25) is 4.57 Å². The van der Waals surface area contributed by atoms with Crippen molar-refractivity contribution in [3.05, 3.63) is 158 Å². The molecule has 0 aliphatic heterocycles. The summed E-state index contributed by atoms with van der Waals surface area (Å²) in [7, 11) is 0.